The van der Waals surface area contributed by atoms with E-state index >= 15 is 0 Å². The maximum absolute atomic E-state index is 12.3. The molecule has 26 heavy (non-hydrogen) atoms. The van der Waals surface area contributed by atoms with E-state index in [0.717, 1.165) is 21.8 Å². The molecule has 3 aromatic rings. The van der Waals surface area contributed by atoms with Gasteiger partial charge >= 0.3 is 0 Å². The Morgan fingerprint density at radius 1 is 1.31 bits per heavy atom. The van der Waals surface area contributed by atoms with Gasteiger partial charge in [-0.05, 0) is 19.4 Å². The van der Waals surface area contributed by atoms with Crippen molar-refractivity contribution >= 4 is 34.0 Å². The van der Waals surface area contributed by atoms with Crippen molar-refractivity contribution in [3.8, 4) is 17.5 Å². The third-order valence-electron chi connectivity index (χ3n) is 3.95. The van der Waals surface area contributed by atoms with E-state index in [2.05, 4.69) is 21.6 Å². The molecule has 0 aliphatic carbocycles. The fourth-order valence-electron chi connectivity index (χ4n) is 2.42. The molecule has 0 atom stereocenters. The molecule has 8 heteroatoms. The van der Waals surface area contributed by atoms with Gasteiger partial charge in [0.1, 0.15) is 11.1 Å². The Labute approximate surface area is 159 Å². The summed E-state index contributed by atoms with van der Waals surface area (Å²) < 4.78 is 1.87. The molecular weight excluding hydrogens is 366 g/mol. The number of anilines is 1. The largest absolute Gasteiger partial charge is 0.316 e. The average molecular weight is 384 g/mol. The number of nitrogens with zero attached hydrogens (tertiary/aromatic N) is 4. The molecule has 0 saturated heterocycles. The Hall–Kier alpha value is -2.63. The number of rotatable bonds is 5. The Morgan fingerprint density at radius 2 is 2.04 bits per heavy atom. The van der Waals surface area contributed by atoms with Crippen LogP contribution in [0, 0.1) is 25.2 Å². The van der Waals surface area contributed by atoms with Crippen molar-refractivity contribution in [1.29, 1.82) is 5.26 Å². The summed E-state index contributed by atoms with van der Waals surface area (Å²) in [6.07, 6.45) is 0. The molecule has 0 radical (unpaired) electrons. The molecule has 2 aromatic heterocycles. The standard InChI is InChI=1S/C18H17N5OS2/c1-11-12(2)26-17(14(11)9-19)20-15(24)10-25-18-22-21-16(23(18)3)13-7-5-4-6-8-13/h4-8H,10H2,1-3H3,(H,20,24). The van der Waals surface area contributed by atoms with Crippen LogP contribution in [0.5, 0.6) is 0 Å². The van der Waals surface area contributed by atoms with E-state index in [9.17, 15) is 10.1 Å². The summed E-state index contributed by atoms with van der Waals surface area (Å²) in [7, 11) is 1.88. The van der Waals surface area contributed by atoms with Crippen molar-refractivity contribution in [1.82, 2.24) is 14.8 Å². The molecule has 1 amide bonds. The maximum Gasteiger partial charge on any atom is 0.235 e. The molecule has 132 valence electrons. The van der Waals surface area contributed by atoms with Gasteiger partial charge in [-0.3, -0.25) is 4.79 Å². The molecule has 0 aliphatic rings. The van der Waals surface area contributed by atoms with Crippen molar-refractivity contribution < 1.29 is 4.79 Å². The first-order chi connectivity index (χ1) is 12.5. The second-order valence-corrected chi connectivity index (χ2v) is 7.83. The minimum absolute atomic E-state index is 0.169. The number of benzene rings is 1. The number of hydrogen-bond acceptors (Lipinski definition) is 6. The van der Waals surface area contributed by atoms with Gasteiger partial charge < -0.3 is 9.88 Å². The monoisotopic (exact) mass is 383 g/mol. The number of thiophene rings is 1. The summed E-state index contributed by atoms with van der Waals surface area (Å²) in [6, 6.07) is 11.9. The van der Waals surface area contributed by atoms with Crippen LogP contribution in [0.4, 0.5) is 5.00 Å². The lowest BCUT2D eigenvalue weighted by atomic mass is 10.2. The van der Waals surface area contributed by atoms with Crippen molar-refractivity contribution in [2.24, 2.45) is 7.05 Å². The van der Waals surface area contributed by atoms with Crippen molar-refractivity contribution in [2.75, 3.05) is 11.1 Å². The average Bonchev–Trinajstić information content (AvgIpc) is 3.13. The van der Waals surface area contributed by atoms with E-state index in [1.165, 1.54) is 23.1 Å². The molecule has 0 aliphatic heterocycles. The molecule has 0 spiro atoms. The molecule has 2 heterocycles. The SMILES string of the molecule is Cc1sc(NC(=O)CSc2nnc(-c3ccccc3)n2C)c(C#N)c1C. The zero-order valence-corrected chi connectivity index (χ0v) is 16.2. The number of aromatic nitrogens is 3. The topological polar surface area (TPSA) is 83.6 Å². The number of carbonyl (C=O) groups is 1. The van der Waals surface area contributed by atoms with Crippen LogP contribution in [-0.4, -0.2) is 26.4 Å². The fourth-order valence-corrected chi connectivity index (χ4v) is 4.16. The molecule has 6 nitrogen and oxygen atoms in total. The number of hydrogen-bond donors (Lipinski definition) is 1. The van der Waals surface area contributed by atoms with Gasteiger partial charge in [-0.2, -0.15) is 5.26 Å². The maximum atomic E-state index is 12.3. The van der Waals surface area contributed by atoms with E-state index in [0.29, 0.717) is 15.7 Å². The van der Waals surface area contributed by atoms with E-state index in [4.69, 9.17) is 0 Å². The van der Waals surface area contributed by atoms with Crippen molar-refractivity contribution in [2.45, 2.75) is 19.0 Å². The first-order valence-corrected chi connectivity index (χ1v) is 9.69. The van der Waals surface area contributed by atoms with Crippen LogP contribution < -0.4 is 5.32 Å². The number of aryl methyl sites for hydroxylation is 1. The second-order valence-electron chi connectivity index (χ2n) is 5.67. The van der Waals surface area contributed by atoms with Crippen LogP contribution in [0.25, 0.3) is 11.4 Å². The van der Waals surface area contributed by atoms with Crippen LogP contribution in [0.15, 0.2) is 35.5 Å². The third kappa shape index (κ3) is 3.64. The van der Waals surface area contributed by atoms with Gasteiger partial charge in [0.2, 0.25) is 5.91 Å². The van der Waals surface area contributed by atoms with Gasteiger partial charge in [0, 0.05) is 17.5 Å². The predicted octanol–water partition coefficient (Wildman–Crippen LogP) is 3.76. The lowest BCUT2D eigenvalue weighted by Crippen LogP contribution is -2.14. The highest BCUT2D eigenvalue weighted by molar-refractivity contribution is 7.99. The summed E-state index contributed by atoms with van der Waals surface area (Å²) in [5, 5.41) is 21.7. The zero-order valence-electron chi connectivity index (χ0n) is 14.6. The highest BCUT2D eigenvalue weighted by Crippen LogP contribution is 2.32. The van der Waals surface area contributed by atoms with Gasteiger partial charge in [0.25, 0.3) is 0 Å². The first kappa shape index (κ1) is 18.2. The Morgan fingerprint density at radius 3 is 2.73 bits per heavy atom. The fraction of sp³-hybridized carbons (Fsp3) is 0.222. The predicted molar refractivity (Wildman–Crippen MR) is 104 cm³/mol. The summed E-state index contributed by atoms with van der Waals surface area (Å²) in [6.45, 7) is 3.83. The zero-order chi connectivity index (χ0) is 18.7. The Kier molecular flexibility index (Phi) is 5.40. The number of nitrogens with one attached hydrogen (secondary N) is 1. The minimum Gasteiger partial charge on any atom is -0.316 e. The second kappa shape index (κ2) is 7.72. The molecule has 0 bridgehead atoms. The van der Waals surface area contributed by atoms with Crippen LogP contribution in [0.2, 0.25) is 0 Å². The molecule has 0 saturated carbocycles. The van der Waals surface area contributed by atoms with Crippen LogP contribution in [-0.2, 0) is 11.8 Å². The molecule has 0 unspecified atom stereocenters. The number of nitriles is 1. The van der Waals surface area contributed by atoms with E-state index in [-0.39, 0.29) is 11.7 Å². The van der Waals surface area contributed by atoms with Gasteiger partial charge in [0.05, 0.1) is 11.3 Å². The van der Waals surface area contributed by atoms with Crippen LogP contribution in [0.3, 0.4) is 0 Å². The molecule has 3 rings (SSSR count). The Balaban J connectivity index is 1.67. The van der Waals surface area contributed by atoms with Crippen LogP contribution >= 0.6 is 23.1 Å². The van der Waals surface area contributed by atoms with Gasteiger partial charge in [-0.1, -0.05) is 42.1 Å². The number of amides is 1. The molecule has 0 fully saturated rings. The van der Waals surface area contributed by atoms with Gasteiger partial charge in [0.15, 0.2) is 11.0 Å². The van der Waals surface area contributed by atoms with Gasteiger partial charge in [-0.15, -0.1) is 21.5 Å². The summed E-state index contributed by atoms with van der Waals surface area (Å²) in [5.41, 5.74) is 2.43. The molecular formula is C18H17N5OS2. The number of thioether (sulfide) groups is 1. The lowest BCUT2D eigenvalue weighted by molar-refractivity contribution is -0.113. The van der Waals surface area contributed by atoms with E-state index in [1.807, 2.05) is 55.8 Å². The summed E-state index contributed by atoms with van der Waals surface area (Å²) >= 11 is 2.74. The normalized spacial score (nSPS) is 10.5. The lowest BCUT2D eigenvalue weighted by Gasteiger charge is -2.05. The van der Waals surface area contributed by atoms with E-state index in [1.54, 1.807) is 0 Å². The summed E-state index contributed by atoms with van der Waals surface area (Å²) in [5.74, 6) is 0.781. The Bertz CT molecular complexity index is 985. The third-order valence-corrected chi connectivity index (χ3v) is 6.09. The number of carbonyl (C=O) groups excluding carboxylic acids is 1. The van der Waals surface area contributed by atoms with Gasteiger partial charge in [-0.25, -0.2) is 0 Å². The first-order valence-electron chi connectivity index (χ1n) is 7.88. The van der Waals surface area contributed by atoms with Crippen molar-refractivity contribution in [3.05, 3.63) is 46.3 Å². The highest BCUT2D eigenvalue weighted by atomic mass is 32.2. The summed E-state index contributed by atoms with van der Waals surface area (Å²) in [4.78, 5) is 13.3. The minimum atomic E-state index is -0.169. The smallest absolute Gasteiger partial charge is 0.235 e. The van der Waals surface area contributed by atoms with E-state index < -0.39 is 0 Å². The molecule has 1 N–H and O–H groups in total. The van der Waals surface area contributed by atoms with Crippen molar-refractivity contribution in [3.63, 3.8) is 0 Å². The van der Waals surface area contributed by atoms with Crippen LogP contribution in [0.1, 0.15) is 16.0 Å². The molecule has 1 aromatic carbocycles. The highest BCUT2D eigenvalue weighted by Gasteiger charge is 2.16. The quantitative estimate of drug-likeness (QED) is 0.678.